The third-order valence-corrected chi connectivity index (χ3v) is 3.94. The van der Waals surface area contributed by atoms with Gasteiger partial charge in [-0.2, -0.15) is 0 Å². The summed E-state index contributed by atoms with van der Waals surface area (Å²) in [6, 6.07) is 5.84. The highest BCUT2D eigenvalue weighted by Gasteiger charge is 2.33. The second-order valence-electron chi connectivity index (χ2n) is 4.65. The lowest BCUT2D eigenvalue weighted by Crippen LogP contribution is -2.30. The lowest BCUT2D eigenvalue weighted by molar-refractivity contribution is -0.384. The molecule has 0 amide bonds. The number of ether oxygens (including phenoxy) is 2. The van der Waals surface area contributed by atoms with Crippen molar-refractivity contribution in [1.29, 1.82) is 0 Å². The SMILES string of the molecule is CCOC(=O)C(Sc1nnc(-c2ccccc2[N+](=O)[O-])o1)C(=O)OCC. The molecule has 0 saturated heterocycles. The van der Waals surface area contributed by atoms with E-state index in [4.69, 9.17) is 13.9 Å². The molecule has 0 spiro atoms. The Morgan fingerprint density at radius 2 is 1.81 bits per heavy atom. The predicted molar refractivity (Wildman–Crippen MR) is 89.3 cm³/mol. The first-order valence-electron chi connectivity index (χ1n) is 7.55. The second kappa shape index (κ2) is 8.94. The van der Waals surface area contributed by atoms with Gasteiger partial charge in [-0.15, -0.1) is 10.2 Å². The van der Waals surface area contributed by atoms with E-state index < -0.39 is 22.1 Å². The quantitative estimate of drug-likeness (QED) is 0.220. The van der Waals surface area contributed by atoms with Gasteiger partial charge in [0, 0.05) is 6.07 Å². The van der Waals surface area contributed by atoms with E-state index >= 15 is 0 Å². The molecule has 26 heavy (non-hydrogen) atoms. The van der Waals surface area contributed by atoms with E-state index in [1.807, 2.05) is 0 Å². The van der Waals surface area contributed by atoms with Crippen LogP contribution < -0.4 is 0 Å². The van der Waals surface area contributed by atoms with E-state index in [-0.39, 0.29) is 35.6 Å². The van der Waals surface area contributed by atoms with Crippen LogP contribution in [0.3, 0.4) is 0 Å². The molecule has 0 radical (unpaired) electrons. The molecule has 0 unspecified atom stereocenters. The first kappa shape index (κ1) is 19.4. The Morgan fingerprint density at radius 1 is 1.19 bits per heavy atom. The monoisotopic (exact) mass is 381 g/mol. The Balaban J connectivity index is 2.26. The van der Waals surface area contributed by atoms with Crippen molar-refractivity contribution in [2.75, 3.05) is 13.2 Å². The summed E-state index contributed by atoms with van der Waals surface area (Å²) in [5, 5.41) is 17.1. The van der Waals surface area contributed by atoms with Gasteiger partial charge < -0.3 is 13.9 Å². The van der Waals surface area contributed by atoms with Gasteiger partial charge in [0.25, 0.3) is 16.8 Å². The molecule has 0 atom stereocenters. The van der Waals surface area contributed by atoms with Gasteiger partial charge in [-0.25, -0.2) is 0 Å². The summed E-state index contributed by atoms with van der Waals surface area (Å²) in [7, 11) is 0. The van der Waals surface area contributed by atoms with E-state index in [0.29, 0.717) is 11.8 Å². The number of hydrogen-bond acceptors (Lipinski definition) is 10. The summed E-state index contributed by atoms with van der Waals surface area (Å²) in [4.78, 5) is 34.4. The van der Waals surface area contributed by atoms with Crippen LogP contribution in [-0.2, 0) is 19.1 Å². The normalized spacial score (nSPS) is 10.6. The molecular weight excluding hydrogens is 366 g/mol. The molecule has 0 saturated carbocycles. The minimum Gasteiger partial charge on any atom is -0.465 e. The summed E-state index contributed by atoms with van der Waals surface area (Å²) >= 11 is 0.655. The molecule has 1 aromatic heterocycles. The lowest BCUT2D eigenvalue weighted by atomic mass is 10.2. The van der Waals surface area contributed by atoms with Crippen molar-refractivity contribution >= 4 is 29.4 Å². The lowest BCUT2D eigenvalue weighted by Gasteiger charge is -2.11. The zero-order valence-electron chi connectivity index (χ0n) is 13.9. The highest BCUT2D eigenvalue weighted by Crippen LogP contribution is 2.32. The van der Waals surface area contributed by atoms with Crippen LogP contribution in [-0.4, -0.2) is 45.5 Å². The number of para-hydroxylation sites is 1. The van der Waals surface area contributed by atoms with E-state index in [9.17, 15) is 19.7 Å². The van der Waals surface area contributed by atoms with E-state index in [2.05, 4.69) is 10.2 Å². The maximum Gasteiger partial charge on any atom is 0.331 e. The molecule has 0 aliphatic heterocycles. The molecule has 2 aromatic rings. The van der Waals surface area contributed by atoms with Crippen LogP contribution in [0.2, 0.25) is 0 Å². The largest absolute Gasteiger partial charge is 0.465 e. The van der Waals surface area contributed by atoms with Crippen molar-refractivity contribution < 1.29 is 28.4 Å². The van der Waals surface area contributed by atoms with Gasteiger partial charge in [-0.05, 0) is 31.7 Å². The van der Waals surface area contributed by atoms with Crippen molar-refractivity contribution in [1.82, 2.24) is 10.2 Å². The number of carbonyl (C=O) groups excluding carboxylic acids is 2. The average molecular weight is 381 g/mol. The fourth-order valence-corrected chi connectivity index (χ4v) is 2.65. The summed E-state index contributed by atoms with van der Waals surface area (Å²) in [5.41, 5.74) is -0.0827. The number of rotatable bonds is 8. The molecule has 0 N–H and O–H groups in total. The van der Waals surface area contributed by atoms with Crippen LogP contribution in [0.4, 0.5) is 5.69 Å². The van der Waals surface area contributed by atoms with Crippen molar-refractivity contribution in [3.05, 3.63) is 34.4 Å². The predicted octanol–water partition coefficient (Wildman–Crippen LogP) is 2.23. The second-order valence-corrected chi connectivity index (χ2v) is 5.71. The molecule has 0 aliphatic carbocycles. The molecule has 0 fully saturated rings. The molecule has 1 heterocycles. The number of nitro benzene ring substituents is 1. The van der Waals surface area contributed by atoms with Crippen LogP contribution in [0, 0.1) is 10.1 Å². The van der Waals surface area contributed by atoms with Gasteiger partial charge in [0.15, 0.2) is 0 Å². The smallest absolute Gasteiger partial charge is 0.331 e. The first-order valence-corrected chi connectivity index (χ1v) is 8.43. The molecular formula is C15H15N3O7S. The standard InChI is InChI=1S/C15H15N3O7S/c1-3-23-13(19)11(14(20)24-4-2)26-15-17-16-12(25-15)9-7-5-6-8-10(9)18(21)22/h5-8,11H,3-4H2,1-2H3. The summed E-state index contributed by atoms with van der Waals surface area (Å²) < 4.78 is 15.1. The fraction of sp³-hybridized carbons (Fsp3) is 0.333. The average Bonchev–Trinajstić information content (AvgIpc) is 3.08. The maximum atomic E-state index is 12.0. The van der Waals surface area contributed by atoms with E-state index in [1.165, 1.54) is 18.2 Å². The van der Waals surface area contributed by atoms with E-state index in [0.717, 1.165) is 0 Å². The van der Waals surface area contributed by atoms with Gasteiger partial charge in [0.1, 0.15) is 5.56 Å². The zero-order chi connectivity index (χ0) is 19.1. The minimum absolute atomic E-state index is 0.0839. The molecule has 138 valence electrons. The Hall–Kier alpha value is -2.95. The molecule has 1 aromatic carbocycles. The van der Waals surface area contributed by atoms with Crippen LogP contribution in [0.25, 0.3) is 11.5 Å². The number of nitro groups is 1. The van der Waals surface area contributed by atoms with Crippen LogP contribution >= 0.6 is 11.8 Å². The number of thioether (sulfide) groups is 1. The minimum atomic E-state index is -1.34. The third kappa shape index (κ3) is 4.57. The van der Waals surface area contributed by atoms with Gasteiger partial charge in [-0.3, -0.25) is 19.7 Å². The number of carbonyl (C=O) groups is 2. The number of hydrogen-bond donors (Lipinski definition) is 0. The summed E-state index contributed by atoms with van der Waals surface area (Å²) in [6.45, 7) is 3.37. The first-order chi connectivity index (χ1) is 12.5. The summed E-state index contributed by atoms with van der Waals surface area (Å²) in [5.74, 6) is -1.71. The van der Waals surface area contributed by atoms with Crippen molar-refractivity contribution in [3.8, 4) is 11.5 Å². The molecule has 0 aliphatic rings. The highest BCUT2D eigenvalue weighted by atomic mass is 32.2. The fourth-order valence-electron chi connectivity index (χ4n) is 1.91. The third-order valence-electron chi connectivity index (χ3n) is 2.96. The van der Waals surface area contributed by atoms with Gasteiger partial charge in [0.2, 0.25) is 5.25 Å². The Labute approximate surface area is 152 Å². The molecule has 10 nitrogen and oxygen atoms in total. The number of benzene rings is 1. The van der Waals surface area contributed by atoms with Gasteiger partial charge >= 0.3 is 11.9 Å². The van der Waals surface area contributed by atoms with E-state index in [1.54, 1.807) is 19.9 Å². The number of esters is 2. The zero-order valence-corrected chi connectivity index (χ0v) is 14.7. The highest BCUT2D eigenvalue weighted by molar-refractivity contribution is 8.01. The molecule has 0 bridgehead atoms. The molecule has 11 heteroatoms. The number of aromatic nitrogens is 2. The maximum absolute atomic E-state index is 12.0. The van der Waals surface area contributed by atoms with Crippen LogP contribution in [0.5, 0.6) is 0 Å². The Morgan fingerprint density at radius 3 is 2.38 bits per heavy atom. The summed E-state index contributed by atoms with van der Waals surface area (Å²) in [6.07, 6.45) is 0. The van der Waals surface area contributed by atoms with Gasteiger partial charge in [-0.1, -0.05) is 12.1 Å². The topological polar surface area (TPSA) is 135 Å². The van der Waals surface area contributed by atoms with Crippen molar-refractivity contribution in [2.24, 2.45) is 0 Å². The van der Waals surface area contributed by atoms with Crippen LogP contribution in [0.15, 0.2) is 33.9 Å². The van der Waals surface area contributed by atoms with Crippen molar-refractivity contribution in [3.63, 3.8) is 0 Å². The van der Waals surface area contributed by atoms with Crippen LogP contribution in [0.1, 0.15) is 13.8 Å². The van der Waals surface area contributed by atoms with Crippen molar-refractivity contribution in [2.45, 2.75) is 24.3 Å². The Bertz CT molecular complexity index is 790. The Kier molecular flexibility index (Phi) is 6.67. The van der Waals surface area contributed by atoms with Gasteiger partial charge in [0.05, 0.1) is 18.1 Å². The number of nitrogens with zero attached hydrogens (tertiary/aromatic N) is 3. The molecule has 2 rings (SSSR count).